The first-order valence-electron chi connectivity index (χ1n) is 4.40. The van der Waals surface area contributed by atoms with Crippen molar-refractivity contribution in [2.24, 2.45) is 5.73 Å². The summed E-state index contributed by atoms with van der Waals surface area (Å²) in [6.45, 7) is 1.70. The summed E-state index contributed by atoms with van der Waals surface area (Å²) in [5.41, 5.74) is 5.41. The lowest BCUT2D eigenvalue weighted by molar-refractivity contribution is 0.165. The second-order valence-corrected chi connectivity index (χ2v) is 3.22. The summed E-state index contributed by atoms with van der Waals surface area (Å²) in [7, 11) is 0. The Morgan fingerprint density at radius 1 is 1.36 bits per heavy atom. The number of benzene rings is 1. The number of hydrogen-bond acceptors (Lipinski definition) is 2. The molecule has 0 aromatic heterocycles. The SMILES string of the molecule is Cc1cc(F)c(C(O)CCN)cc1F. The predicted molar refractivity (Wildman–Crippen MR) is 49.7 cm³/mol. The minimum Gasteiger partial charge on any atom is -0.388 e. The standard InChI is InChI=1S/C10H13F2NO/c1-6-4-9(12)7(5-8(6)11)10(14)2-3-13/h4-5,10,14H,2-3,13H2,1H3. The number of halogens is 2. The highest BCUT2D eigenvalue weighted by molar-refractivity contribution is 5.26. The van der Waals surface area contributed by atoms with Crippen LogP contribution >= 0.6 is 0 Å². The van der Waals surface area contributed by atoms with Crippen molar-refractivity contribution in [3.05, 3.63) is 34.9 Å². The highest BCUT2D eigenvalue weighted by Gasteiger charge is 2.14. The van der Waals surface area contributed by atoms with Crippen LogP contribution in [0.15, 0.2) is 12.1 Å². The molecule has 0 saturated carbocycles. The van der Waals surface area contributed by atoms with Crippen molar-refractivity contribution in [2.75, 3.05) is 6.54 Å². The first kappa shape index (κ1) is 11.1. The van der Waals surface area contributed by atoms with Crippen LogP contribution in [-0.4, -0.2) is 11.7 Å². The Labute approximate surface area is 81.4 Å². The Morgan fingerprint density at radius 3 is 2.57 bits per heavy atom. The van der Waals surface area contributed by atoms with E-state index in [9.17, 15) is 13.9 Å². The van der Waals surface area contributed by atoms with E-state index in [1.165, 1.54) is 6.92 Å². The van der Waals surface area contributed by atoms with Gasteiger partial charge in [-0.1, -0.05) is 0 Å². The number of hydrogen-bond donors (Lipinski definition) is 2. The van der Waals surface area contributed by atoms with E-state index in [-0.39, 0.29) is 24.1 Å². The van der Waals surface area contributed by atoms with Crippen molar-refractivity contribution < 1.29 is 13.9 Å². The van der Waals surface area contributed by atoms with E-state index >= 15 is 0 Å². The van der Waals surface area contributed by atoms with Gasteiger partial charge >= 0.3 is 0 Å². The van der Waals surface area contributed by atoms with Gasteiger partial charge in [0.2, 0.25) is 0 Å². The molecule has 0 saturated heterocycles. The molecule has 3 N–H and O–H groups in total. The van der Waals surface area contributed by atoms with Crippen LogP contribution in [0.5, 0.6) is 0 Å². The van der Waals surface area contributed by atoms with Gasteiger partial charge in [0.05, 0.1) is 6.10 Å². The topological polar surface area (TPSA) is 46.2 Å². The van der Waals surface area contributed by atoms with Crippen molar-refractivity contribution in [1.29, 1.82) is 0 Å². The third kappa shape index (κ3) is 2.27. The van der Waals surface area contributed by atoms with Gasteiger partial charge in [-0.05, 0) is 37.6 Å². The molecule has 0 spiro atoms. The van der Waals surface area contributed by atoms with Gasteiger partial charge in [0.15, 0.2) is 0 Å². The Balaban J connectivity index is 3.02. The molecule has 1 aromatic carbocycles. The first-order valence-corrected chi connectivity index (χ1v) is 4.40. The molecule has 0 aliphatic rings. The quantitative estimate of drug-likeness (QED) is 0.781. The zero-order valence-corrected chi connectivity index (χ0v) is 7.93. The van der Waals surface area contributed by atoms with Gasteiger partial charge in [0.25, 0.3) is 0 Å². The fourth-order valence-electron chi connectivity index (χ4n) is 1.23. The highest BCUT2D eigenvalue weighted by atomic mass is 19.1. The maximum absolute atomic E-state index is 13.2. The lowest BCUT2D eigenvalue weighted by Gasteiger charge is -2.11. The lowest BCUT2D eigenvalue weighted by Crippen LogP contribution is -2.09. The van der Waals surface area contributed by atoms with E-state index in [2.05, 4.69) is 0 Å². The number of nitrogens with two attached hydrogens (primary N) is 1. The largest absolute Gasteiger partial charge is 0.388 e. The molecule has 0 radical (unpaired) electrons. The van der Waals surface area contributed by atoms with Crippen LogP contribution in [0, 0.1) is 18.6 Å². The number of aryl methyl sites for hydroxylation is 1. The maximum Gasteiger partial charge on any atom is 0.129 e. The van der Waals surface area contributed by atoms with Gasteiger partial charge in [0, 0.05) is 5.56 Å². The van der Waals surface area contributed by atoms with Crippen molar-refractivity contribution in [1.82, 2.24) is 0 Å². The Morgan fingerprint density at radius 2 is 2.00 bits per heavy atom. The monoisotopic (exact) mass is 201 g/mol. The third-order valence-electron chi connectivity index (χ3n) is 2.08. The smallest absolute Gasteiger partial charge is 0.129 e. The summed E-state index contributed by atoms with van der Waals surface area (Å²) in [6.07, 6.45) is -0.811. The van der Waals surface area contributed by atoms with E-state index in [1.54, 1.807) is 0 Å². The van der Waals surface area contributed by atoms with Gasteiger partial charge < -0.3 is 10.8 Å². The molecule has 0 aliphatic heterocycles. The minimum atomic E-state index is -1.03. The fraction of sp³-hybridized carbons (Fsp3) is 0.400. The molecule has 1 rings (SSSR count). The van der Waals surface area contributed by atoms with Gasteiger partial charge in [0.1, 0.15) is 11.6 Å². The summed E-state index contributed by atoms with van der Waals surface area (Å²) in [4.78, 5) is 0. The van der Waals surface area contributed by atoms with Gasteiger partial charge in [-0.3, -0.25) is 0 Å². The summed E-state index contributed by atoms with van der Waals surface area (Å²) < 4.78 is 26.3. The number of aliphatic hydroxyl groups is 1. The van der Waals surface area contributed by atoms with Crippen LogP contribution in [0.1, 0.15) is 23.7 Å². The van der Waals surface area contributed by atoms with E-state index in [0.717, 1.165) is 12.1 Å². The molecule has 0 heterocycles. The minimum absolute atomic E-state index is 0.0291. The molecular weight excluding hydrogens is 188 g/mol. The van der Waals surface area contributed by atoms with E-state index in [4.69, 9.17) is 5.73 Å². The summed E-state index contributed by atoms with van der Waals surface area (Å²) in [5.74, 6) is -1.11. The van der Waals surface area contributed by atoms with Crippen molar-refractivity contribution >= 4 is 0 Å². The first-order chi connectivity index (χ1) is 6.56. The Hall–Kier alpha value is -1.00. The molecule has 0 amide bonds. The van der Waals surface area contributed by atoms with Crippen LogP contribution in [0.2, 0.25) is 0 Å². The second kappa shape index (κ2) is 4.48. The molecule has 1 aromatic rings. The van der Waals surface area contributed by atoms with Crippen LogP contribution in [0.4, 0.5) is 8.78 Å². The maximum atomic E-state index is 13.2. The van der Waals surface area contributed by atoms with Crippen molar-refractivity contribution in [3.8, 4) is 0 Å². The molecule has 78 valence electrons. The Bertz CT molecular complexity index is 328. The van der Waals surface area contributed by atoms with Crippen molar-refractivity contribution in [3.63, 3.8) is 0 Å². The van der Waals surface area contributed by atoms with Crippen LogP contribution in [0.3, 0.4) is 0 Å². The normalized spacial score (nSPS) is 12.9. The summed E-state index contributed by atoms with van der Waals surface area (Å²) >= 11 is 0. The van der Waals surface area contributed by atoms with E-state index in [0.29, 0.717) is 0 Å². The summed E-state index contributed by atoms with van der Waals surface area (Å²) in [5, 5.41) is 9.43. The zero-order valence-electron chi connectivity index (χ0n) is 7.93. The highest BCUT2D eigenvalue weighted by Crippen LogP contribution is 2.22. The predicted octanol–water partition coefficient (Wildman–Crippen LogP) is 1.66. The zero-order chi connectivity index (χ0) is 10.7. The van der Waals surface area contributed by atoms with Crippen LogP contribution in [-0.2, 0) is 0 Å². The molecule has 0 bridgehead atoms. The molecule has 2 nitrogen and oxygen atoms in total. The molecular formula is C10H13F2NO. The molecule has 4 heteroatoms. The third-order valence-corrected chi connectivity index (χ3v) is 2.08. The molecule has 1 atom stereocenters. The van der Waals surface area contributed by atoms with Crippen LogP contribution < -0.4 is 5.73 Å². The average Bonchev–Trinajstić information content (AvgIpc) is 2.11. The lowest BCUT2D eigenvalue weighted by atomic mass is 10.0. The fourth-order valence-corrected chi connectivity index (χ4v) is 1.23. The molecule has 0 fully saturated rings. The Kier molecular flexibility index (Phi) is 3.55. The van der Waals surface area contributed by atoms with Crippen molar-refractivity contribution in [2.45, 2.75) is 19.4 Å². The number of rotatable bonds is 3. The van der Waals surface area contributed by atoms with Gasteiger partial charge in [-0.15, -0.1) is 0 Å². The number of aliphatic hydroxyl groups excluding tert-OH is 1. The second-order valence-electron chi connectivity index (χ2n) is 3.22. The summed E-state index contributed by atoms with van der Waals surface area (Å²) in [6, 6.07) is 2.09. The van der Waals surface area contributed by atoms with E-state index in [1.807, 2.05) is 0 Å². The molecule has 14 heavy (non-hydrogen) atoms. The van der Waals surface area contributed by atoms with Gasteiger partial charge in [-0.25, -0.2) is 8.78 Å². The van der Waals surface area contributed by atoms with Gasteiger partial charge in [-0.2, -0.15) is 0 Å². The van der Waals surface area contributed by atoms with E-state index < -0.39 is 17.7 Å². The molecule has 0 aliphatic carbocycles. The van der Waals surface area contributed by atoms with Crippen LogP contribution in [0.25, 0.3) is 0 Å². The average molecular weight is 201 g/mol. The molecule has 1 unspecified atom stereocenters.